The second-order valence-electron chi connectivity index (χ2n) is 25.7. The molecule has 0 aromatic carbocycles. The summed E-state index contributed by atoms with van der Waals surface area (Å²) in [4.78, 5) is 19.3. The van der Waals surface area contributed by atoms with Crippen LogP contribution in [-0.4, -0.2) is 89.8 Å². The van der Waals surface area contributed by atoms with E-state index in [2.05, 4.69) is 146 Å². The summed E-state index contributed by atoms with van der Waals surface area (Å²) in [6, 6.07) is 23.3. The summed E-state index contributed by atoms with van der Waals surface area (Å²) in [7, 11) is -17.1. The van der Waals surface area contributed by atoms with E-state index in [1.54, 1.807) is 0 Å². The first kappa shape index (κ1) is 115. The number of aryl methyl sites for hydroxylation is 3. The van der Waals surface area contributed by atoms with Gasteiger partial charge in [0, 0.05) is 41.0 Å². The normalized spacial score (nSPS) is 11.4. The average Bonchev–Trinajstić information content (AvgIpc) is 0.837. The second kappa shape index (κ2) is 69.3. The molecule has 0 aliphatic rings. The summed E-state index contributed by atoms with van der Waals surface area (Å²) in [6.07, 6.45) is 50.3. The van der Waals surface area contributed by atoms with Gasteiger partial charge in [0.2, 0.25) is 17.6 Å². The van der Waals surface area contributed by atoms with Crippen LogP contribution < -0.4 is 29.5 Å². The molecular weight excluding hydrogens is 1640 g/mol. The van der Waals surface area contributed by atoms with Crippen molar-refractivity contribution < 1.29 is 94.3 Å². The summed E-state index contributed by atoms with van der Waals surface area (Å²) in [6.45, 7) is 31.2. The van der Waals surface area contributed by atoms with Crippen molar-refractivity contribution >= 4 is 88.2 Å². The van der Waals surface area contributed by atoms with Crippen molar-refractivity contribution in [2.75, 3.05) is 0 Å². The molecule has 5 aromatic heterocycles. The molecule has 0 saturated heterocycles. The van der Waals surface area contributed by atoms with Crippen LogP contribution in [0.15, 0.2) is 116 Å². The first-order valence-corrected chi connectivity index (χ1v) is 43.1. The molecule has 5 rings (SSSR count). The van der Waals surface area contributed by atoms with E-state index in [1.165, 1.54) is 245 Å². The third-order valence-corrected chi connectivity index (χ3v) is 18.6. The van der Waals surface area contributed by atoms with Crippen LogP contribution in [0.2, 0.25) is 15.5 Å². The van der Waals surface area contributed by atoms with E-state index in [0.717, 1.165) is 62.6 Å². The van der Waals surface area contributed by atoms with E-state index in [-0.39, 0.29) is 55.5 Å². The largest absolute Gasteiger partial charge is 2.00 e. The van der Waals surface area contributed by atoms with Crippen LogP contribution >= 0.6 is 34.8 Å². The standard InChI is InChI=1S/C23H41N.C17H29N.C8H16.C7H14.3C6H3ClF3NO3S.C6H13.BrH.Mg/c1-4-5-6-7-8-9-10-11-12-13-14-15-17-22-18-16-19-23(24-22)20-21(2)3;1-3-5-7-9-12-16-14-11-15-17(18-16)13-10-8-6-4-2;1-3-5-7-8-6-4-2;1-4-6-7(3)5-2;3*7-4-2-1-3-5(11-4)14-15(12,13)6(8,9)10;1-3-5-6-4-2;;/h16,18-19,21H,4-15,17,20H2,1-3H3;11,14-15H,3-10,12-13H2,1-2H3;3H,1,4-8H2,2H3;4,7H,1,5-6H2,2-3H3;3*1-3H;1,3-6H2,2H3;1H;/q;;;;;;;-1;;+2/p-1/t;;;7-;;;;;;/m...0....../s1. The van der Waals surface area contributed by atoms with Crippen molar-refractivity contribution in [3.05, 3.63) is 161 Å². The van der Waals surface area contributed by atoms with Gasteiger partial charge in [0.15, 0.2) is 0 Å². The first-order valence-electron chi connectivity index (χ1n) is 37.7. The summed E-state index contributed by atoms with van der Waals surface area (Å²) >= 11 is 16.0. The van der Waals surface area contributed by atoms with Crippen molar-refractivity contribution in [1.82, 2.24) is 24.9 Å². The zero-order valence-electron chi connectivity index (χ0n) is 66.1. The van der Waals surface area contributed by atoms with Gasteiger partial charge in [-0.1, -0.05) is 294 Å². The number of halogens is 13. The fourth-order valence-electron chi connectivity index (χ4n) is 9.00. The topological polar surface area (TPSA) is 195 Å². The van der Waals surface area contributed by atoms with Crippen LogP contribution in [0.1, 0.15) is 284 Å². The van der Waals surface area contributed by atoms with Crippen molar-refractivity contribution in [2.24, 2.45) is 11.8 Å². The van der Waals surface area contributed by atoms with E-state index in [4.69, 9.17) is 44.8 Å². The SMILES string of the molecule is C=CCCCCCC.C=CC[C@@H](C)CC.CCCCCCCCCCCCCCc1cccc(CC(C)C)n1.CCCCCCc1cccc(CCCCCC)n1.O=S(=O)(Oc1cccc(Cl)n1)C(F)(F)F.O=S(=O)(Oc1cccc(Cl)n1)C(F)(F)F.O=S(=O)(Oc1cccc(Cl)n1)C(F)(F)F.[Br-].[CH2-]CCCCC.[Mg+2]. The molecule has 628 valence electrons. The van der Waals surface area contributed by atoms with Gasteiger partial charge in [-0.15, -0.1) is 13.2 Å². The van der Waals surface area contributed by atoms with Crippen LogP contribution in [-0.2, 0) is 56.0 Å². The molecule has 0 aliphatic heterocycles. The van der Waals surface area contributed by atoms with Crippen LogP contribution in [0, 0.1) is 18.8 Å². The van der Waals surface area contributed by atoms with Gasteiger partial charge in [0.05, 0.1) is 0 Å². The van der Waals surface area contributed by atoms with Gasteiger partial charge >= 0.3 is 69.9 Å². The molecule has 5 heterocycles. The molecule has 0 fully saturated rings. The minimum atomic E-state index is -5.69. The molecular formula is C79H122BrCl3F9MgN5O9S3. The summed E-state index contributed by atoms with van der Waals surface area (Å²) < 4.78 is 181. The molecule has 0 saturated carbocycles. The van der Waals surface area contributed by atoms with Crippen molar-refractivity contribution in [3.63, 3.8) is 0 Å². The Balaban J connectivity index is -0.000000393. The van der Waals surface area contributed by atoms with E-state index < -0.39 is 64.5 Å². The quantitative estimate of drug-likeness (QED) is 0.00523. The molecule has 0 spiro atoms. The molecule has 31 heteroatoms. The Morgan fingerprint density at radius 3 is 0.909 bits per heavy atom. The van der Waals surface area contributed by atoms with Gasteiger partial charge < -0.3 is 36.5 Å². The molecule has 1 atom stereocenters. The fraction of sp³-hybridized carbons (Fsp3) is 0.620. The van der Waals surface area contributed by atoms with E-state index in [9.17, 15) is 64.8 Å². The number of alkyl halides is 9. The minimum Gasteiger partial charge on any atom is -1.00 e. The Hall–Kier alpha value is -4.03. The third kappa shape index (κ3) is 64.3. The Morgan fingerprint density at radius 1 is 0.400 bits per heavy atom. The van der Waals surface area contributed by atoms with Gasteiger partial charge in [0.1, 0.15) is 15.5 Å². The number of hydrogen-bond acceptors (Lipinski definition) is 14. The molecule has 0 amide bonds. The number of rotatable bonds is 42. The predicted molar refractivity (Wildman–Crippen MR) is 431 cm³/mol. The van der Waals surface area contributed by atoms with E-state index >= 15 is 0 Å². The summed E-state index contributed by atoms with van der Waals surface area (Å²) in [5, 5.41) is -0.528. The first-order chi connectivity index (χ1) is 50.9. The molecule has 0 unspecified atom stereocenters. The second-order valence-corrected chi connectivity index (χ2v) is 31.5. The number of nitrogens with zero attached hydrogens (tertiary/aromatic N) is 5. The molecule has 110 heavy (non-hydrogen) atoms. The fourth-order valence-corrected chi connectivity index (χ4v) is 10.7. The van der Waals surface area contributed by atoms with E-state index in [1.807, 2.05) is 12.2 Å². The molecule has 5 aromatic rings. The van der Waals surface area contributed by atoms with Gasteiger partial charge in [-0.3, -0.25) is 9.97 Å². The zero-order chi connectivity index (χ0) is 82.4. The molecule has 0 aliphatic carbocycles. The third-order valence-electron chi connectivity index (χ3n) is 15.1. The molecule has 14 nitrogen and oxygen atoms in total. The Bertz CT molecular complexity index is 3190. The maximum absolute atomic E-state index is 11.8. The Morgan fingerprint density at radius 2 is 0.664 bits per heavy atom. The van der Waals surface area contributed by atoms with Crippen LogP contribution in [0.25, 0.3) is 0 Å². The summed E-state index contributed by atoms with van der Waals surface area (Å²) in [5.74, 6) is -0.684. The number of allylic oxidation sites excluding steroid dienone is 2. The molecule has 0 bridgehead atoms. The average molecular weight is 1760 g/mol. The van der Waals surface area contributed by atoms with Gasteiger partial charge in [-0.25, -0.2) is 15.0 Å². The van der Waals surface area contributed by atoms with Crippen LogP contribution in [0.4, 0.5) is 39.5 Å². The summed E-state index contributed by atoms with van der Waals surface area (Å²) in [5.41, 5.74) is -11.3. The van der Waals surface area contributed by atoms with Crippen molar-refractivity contribution in [2.45, 2.75) is 304 Å². The molecule has 0 radical (unpaired) electrons. The maximum atomic E-state index is 11.8. The van der Waals surface area contributed by atoms with Crippen molar-refractivity contribution in [1.29, 1.82) is 0 Å². The molecule has 0 N–H and O–H groups in total. The predicted octanol–water partition coefficient (Wildman–Crippen LogP) is 23.5. The Kier molecular flexibility index (Phi) is 72.1. The van der Waals surface area contributed by atoms with E-state index in [0.29, 0.717) is 5.92 Å². The number of hydrogen-bond donors (Lipinski definition) is 0. The number of aromatic nitrogens is 5. The minimum absolute atomic E-state index is 0. The monoisotopic (exact) mass is 1760 g/mol. The van der Waals surface area contributed by atoms with Gasteiger partial charge in [-0.2, -0.15) is 71.2 Å². The number of pyridine rings is 5. The maximum Gasteiger partial charge on any atom is 2.00 e. The van der Waals surface area contributed by atoms with Crippen LogP contribution in [0.3, 0.4) is 0 Å². The van der Waals surface area contributed by atoms with Gasteiger partial charge in [0.25, 0.3) is 0 Å². The van der Waals surface area contributed by atoms with Gasteiger partial charge in [-0.05, 0) is 119 Å². The Labute approximate surface area is 696 Å². The van der Waals surface area contributed by atoms with Crippen molar-refractivity contribution in [3.8, 4) is 17.6 Å². The smallest absolute Gasteiger partial charge is 1.00 e. The number of unbranched alkanes of at least 4 members (excludes halogenated alkanes) is 24. The van der Waals surface area contributed by atoms with Crippen LogP contribution in [0.5, 0.6) is 17.6 Å². The zero-order valence-corrected chi connectivity index (χ0v) is 73.8.